The van der Waals surface area contributed by atoms with E-state index in [0.29, 0.717) is 5.56 Å². The lowest BCUT2D eigenvalue weighted by Crippen LogP contribution is -2.61. The van der Waals surface area contributed by atoms with Crippen molar-refractivity contribution in [1.29, 1.82) is 0 Å². The number of nitrogens with zero attached hydrogens (tertiary/aromatic N) is 3. The van der Waals surface area contributed by atoms with E-state index in [0.717, 1.165) is 11.6 Å². The number of halogens is 2. The summed E-state index contributed by atoms with van der Waals surface area (Å²) in [5, 5.41) is 22.4. The molecule has 1 aromatic heterocycles. The number of ether oxygens (including phenoxy) is 1. The van der Waals surface area contributed by atoms with Crippen LogP contribution in [0.5, 0.6) is 11.5 Å². The molecule has 2 N–H and O–H groups in total. The first-order chi connectivity index (χ1) is 19.3. The molecule has 0 saturated carbocycles. The van der Waals surface area contributed by atoms with Gasteiger partial charge in [0.25, 0.3) is 5.91 Å². The molecule has 3 aromatic carbocycles. The second-order valence-corrected chi connectivity index (χ2v) is 9.38. The van der Waals surface area contributed by atoms with E-state index in [1.54, 1.807) is 35.3 Å². The summed E-state index contributed by atoms with van der Waals surface area (Å²) in [5.41, 5.74) is 0.780. The summed E-state index contributed by atoms with van der Waals surface area (Å²) in [5.74, 6) is -4.23. The molecule has 0 unspecified atom stereocenters. The molecule has 1 amide bonds. The molecule has 2 atom stereocenters. The Balaban J connectivity index is 1.74. The number of aliphatic hydroxyl groups excluding tert-OH is 1. The van der Waals surface area contributed by atoms with Crippen molar-refractivity contribution >= 4 is 5.91 Å². The minimum absolute atomic E-state index is 0.0205. The molecule has 0 saturated heterocycles. The van der Waals surface area contributed by atoms with Crippen LogP contribution in [0.2, 0.25) is 0 Å². The standard InChI is InChI=1S/C30H27F2N3O5/c1-33-24(15-17-36)35(26(20-10-6-3-7-11-20)21-12-13-22(31)25(32)28(21)38)34-16-14-23(37)29(27(34)30(33)39)40-18-19-8-4-2-5-9-19/h2-14,16,24,26,36,38H,15,17-18H2,1H3/t24-,26+/m0/s1. The van der Waals surface area contributed by atoms with Crippen molar-refractivity contribution in [2.45, 2.75) is 25.2 Å². The SMILES string of the molecule is CN1C(=O)c2c(OCc3ccccc3)c(=O)ccn2N([C@H](c2ccccc2)c2ccc(F)c(F)c2O)[C@H]1CCO. The number of hydrogen-bond donors (Lipinski definition) is 2. The maximum absolute atomic E-state index is 14.7. The molecular weight excluding hydrogens is 520 g/mol. The number of benzene rings is 3. The molecule has 5 rings (SSSR count). The zero-order chi connectivity index (χ0) is 28.4. The molecule has 0 bridgehead atoms. The Labute approximate surface area is 228 Å². The Morgan fingerprint density at radius 2 is 1.62 bits per heavy atom. The zero-order valence-corrected chi connectivity index (χ0v) is 21.6. The predicted molar refractivity (Wildman–Crippen MR) is 144 cm³/mol. The van der Waals surface area contributed by atoms with Crippen LogP contribution in [-0.2, 0) is 6.61 Å². The fourth-order valence-corrected chi connectivity index (χ4v) is 5.01. The first kappa shape index (κ1) is 26.9. The van der Waals surface area contributed by atoms with E-state index in [-0.39, 0.29) is 36.6 Å². The van der Waals surface area contributed by atoms with Crippen molar-refractivity contribution in [1.82, 2.24) is 9.58 Å². The Hall–Kier alpha value is -4.70. The van der Waals surface area contributed by atoms with E-state index >= 15 is 0 Å². The highest BCUT2D eigenvalue weighted by molar-refractivity contribution is 5.96. The van der Waals surface area contributed by atoms with Crippen LogP contribution < -0.4 is 15.2 Å². The van der Waals surface area contributed by atoms with Crippen LogP contribution in [0.3, 0.4) is 0 Å². The molecule has 0 spiro atoms. The molecule has 40 heavy (non-hydrogen) atoms. The lowest BCUT2D eigenvalue weighted by Gasteiger charge is -2.49. The van der Waals surface area contributed by atoms with Crippen molar-refractivity contribution in [3.63, 3.8) is 0 Å². The molecule has 206 valence electrons. The Morgan fingerprint density at radius 1 is 0.950 bits per heavy atom. The van der Waals surface area contributed by atoms with Gasteiger partial charge in [-0.25, -0.2) is 4.39 Å². The molecule has 2 heterocycles. The summed E-state index contributed by atoms with van der Waals surface area (Å²) in [6, 6.07) is 20.4. The second kappa shape index (κ2) is 11.2. The Kier molecular flexibility index (Phi) is 7.52. The number of rotatable bonds is 8. The molecule has 4 aromatic rings. The number of aromatic hydroxyl groups is 1. The van der Waals surface area contributed by atoms with Gasteiger partial charge in [-0.05, 0) is 23.3 Å². The van der Waals surface area contributed by atoms with E-state index in [1.807, 2.05) is 30.3 Å². The summed E-state index contributed by atoms with van der Waals surface area (Å²) < 4.78 is 36.1. The molecule has 0 aliphatic carbocycles. The highest BCUT2D eigenvalue weighted by Crippen LogP contribution is 2.40. The van der Waals surface area contributed by atoms with Crippen LogP contribution in [0, 0.1) is 11.6 Å². The molecule has 1 aliphatic rings. The third-order valence-corrected chi connectivity index (χ3v) is 6.95. The summed E-state index contributed by atoms with van der Waals surface area (Å²) >= 11 is 0. The minimum Gasteiger partial charge on any atom is -0.504 e. The molecule has 0 fully saturated rings. The largest absolute Gasteiger partial charge is 0.504 e. The average molecular weight is 548 g/mol. The van der Waals surface area contributed by atoms with Crippen LogP contribution in [0.15, 0.2) is 89.9 Å². The van der Waals surface area contributed by atoms with Crippen molar-refractivity contribution in [2.24, 2.45) is 0 Å². The van der Waals surface area contributed by atoms with Gasteiger partial charge in [-0.1, -0.05) is 60.7 Å². The number of phenolic OH excluding ortho intramolecular Hbond substituents is 1. The number of aliphatic hydroxyl groups is 1. The van der Waals surface area contributed by atoms with E-state index in [9.17, 15) is 28.6 Å². The number of carbonyl (C=O) groups excluding carboxylic acids is 1. The van der Waals surface area contributed by atoms with E-state index in [2.05, 4.69) is 0 Å². The molecular formula is C30H27F2N3O5. The van der Waals surface area contributed by atoms with Gasteiger partial charge in [-0.3, -0.25) is 19.3 Å². The number of aromatic nitrogens is 1. The number of carbonyl (C=O) groups is 1. The van der Waals surface area contributed by atoms with Crippen molar-refractivity contribution in [3.8, 4) is 11.5 Å². The normalized spacial score (nSPS) is 15.6. The van der Waals surface area contributed by atoms with Crippen LogP contribution in [0.4, 0.5) is 8.78 Å². The number of phenols is 1. The van der Waals surface area contributed by atoms with Crippen LogP contribution >= 0.6 is 0 Å². The second-order valence-electron chi connectivity index (χ2n) is 9.38. The van der Waals surface area contributed by atoms with Crippen LogP contribution in [0.25, 0.3) is 0 Å². The number of fused-ring (bicyclic) bond motifs is 1. The number of pyridine rings is 1. The smallest absolute Gasteiger partial charge is 0.277 e. The number of amides is 1. The molecule has 8 nitrogen and oxygen atoms in total. The van der Waals surface area contributed by atoms with Crippen LogP contribution in [-0.4, -0.2) is 45.5 Å². The van der Waals surface area contributed by atoms with Gasteiger partial charge >= 0.3 is 0 Å². The summed E-state index contributed by atoms with van der Waals surface area (Å²) in [4.78, 5) is 28.1. The first-order valence-electron chi connectivity index (χ1n) is 12.6. The Bertz CT molecular complexity index is 1580. The fourth-order valence-electron chi connectivity index (χ4n) is 5.01. The summed E-state index contributed by atoms with van der Waals surface area (Å²) in [7, 11) is 1.52. The van der Waals surface area contributed by atoms with E-state index < -0.39 is 40.9 Å². The van der Waals surface area contributed by atoms with Gasteiger partial charge in [0.1, 0.15) is 18.8 Å². The quantitative estimate of drug-likeness (QED) is 0.347. The Morgan fingerprint density at radius 3 is 2.30 bits per heavy atom. The predicted octanol–water partition coefficient (Wildman–Crippen LogP) is 3.93. The summed E-state index contributed by atoms with van der Waals surface area (Å²) in [6.45, 7) is -0.285. The first-order valence-corrected chi connectivity index (χ1v) is 12.6. The van der Waals surface area contributed by atoms with E-state index in [4.69, 9.17) is 4.74 Å². The van der Waals surface area contributed by atoms with Gasteiger partial charge in [0.15, 0.2) is 23.0 Å². The highest BCUT2D eigenvalue weighted by Gasteiger charge is 2.42. The third-order valence-electron chi connectivity index (χ3n) is 6.95. The van der Waals surface area contributed by atoms with Gasteiger partial charge < -0.3 is 19.8 Å². The molecule has 10 heteroatoms. The monoisotopic (exact) mass is 547 g/mol. The third kappa shape index (κ3) is 4.77. The maximum Gasteiger partial charge on any atom is 0.277 e. The highest BCUT2D eigenvalue weighted by atomic mass is 19.2. The zero-order valence-electron chi connectivity index (χ0n) is 21.6. The minimum atomic E-state index is -1.41. The fraction of sp³-hybridized carbons (Fsp3) is 0.200. The number of hydrogen-bond acceptors (Lipinski definition) is 6. The van der Waals surface area contributed by atoms with Gasteiger partial charge in [-0.15, -0.1) is 0 Å². The van der Waals surface area contributed by atoms with Gasteiger partial charge in [-0.2, -0.15) is 4.39 Å². The lowest BCUT2D eigenvalue weighted by atomic mass is 9.95. The maximum atomic E-state index is 14.7. The van der Waals surface area contributed by atoms with Crippen LogP contribution in [0.1, 0.15) is 39.6 Å². The van der Waals surface area contributed by atoms with E-state index in [1.165, 1.54) is 35.0 Å². The summed E-state index contributed by atoms with van der Waals surface area (Å²) in [6.07, 6.45) is 0.656. The van der Waals surface area contributed by atoms with Gasteiger partial charge in [0, 0.05) is 37.9 Å². The van der Waals surface area contributed by atoms with Gasteiger partial charge in [0.05, 0.1) is 0 Å². The van der Waals surface area contributed by atoms with Crippen molar-refractivity contribution in [2.75, 3.05) is 18.7 Å². The lowest BCUT2D eigenvalue weighted by molar-refractivity contribution is 0.0575. The topological polar surface area (TPSA) is 95.2 Å². The average Bonchev–Trinajstić information content (AvgIpc) is 2.97. The molecule has 0 radical (unpaired) electrons. The van der Waals surface area contributed by atoms with Crippen molar-refractivity contribution in [3.05, 3.63) is 129 Å². The van der Waals surface area contributed by atoms with Gasteiger partial charge in [0.2, 0.25) is 11.2 Å². The van der Waals surface area contributed by atoms with Crippen molar-refractivity contribution < 1.29 is 28.5 Å². The molecule has 1 aliphatic heterocycles.